The van der Waals surface area contributed by atoms with Gasteiger partial charge in [0.1, 0.15) is 5.56 Å². The summed E-state index contributed by atoms with van der Waals surface area (Å²) in [5.41, 5.74) is -1.37. The van der Waals surface area contributed by atoms with E-state index in [9.17, 15) is 18.0 Å². The van der Waals surface area contributed by atoms with Crippen molar-refractivity contribution in [1.29, 1.82) is 0 Å². The summed E-state index contributed by atoms with van der Waals surface area (Å²) in [6.07, 6.45) is -4.31. The summed E-state index contributed by atoms with van der Waals surface area (Å²) >= 11 is 5.96. The molecule has 0 aliphatic heterocycles. The molecule has 9 heteroatoms. The molecule has 0 saturated carbocycles. The highest BCUT2D eigenvalue weighted by Gasteiger charge is 2.38. The SMILES string of the molecule is Cc1ccc(Nc2ncc(C(=O)O)c(C(F)(F)F)n2)c(Cl)c1. The molecule has 0 radical (unpaired) electrons. The Morgan fingerprint density at radius 2 is 2.05 bits per heavy atom. The van der Waals surface area contributed by atoms with Crippen molar-refractivity contribution in [2.24, 2.45) is 0 Å². The number of benzene rings is 1. The molecule has 0 bridgehead atoms. The minimum atomic E-state index is -4.91. The van der Waals surface area contributed by atoms with E-state index in [1.54, 1.807) is 25.1 Å². The number of carbonyl (C=O) groups is 1. The molecule has 22 heavy (non-hydrogen) atoms. The average Bonchev–Trinajstić information content (AvgIpc) is 2.40. The predicted molar refractivity (Wildman–Crippen MR) is 73.5 cm³/mol. The van der Waals surface area contributed by atoms with Gasteiger partial charge in [-0.2, -0.15) is 13.2 Å². The number of aryl methyl sites for hydroxylation is 1. The van der Waals surface area contributed by atoms with Crippen LogP contribution in [0.3, 0.4) is 0 Å². The Morgan fingerprint density at radius 3 is 2.59 bits per heavy atom. The summed E-state index contributed by atoms with van der Waals surface area (Å²) in [5, 5.41) is 11.6. The van der Waals surface area contributed by atoms with Gasteiger partial charge in [-0.05, 0) is 24.6 Å². The van der Waals surface area contributed by atoms with Crippen LogP contribution in [0, 0.1) is 6.92 Å². The van der Waals surface area contributed by atoms with Gasteiger partial charge >= 0.3 is 12.1 Å². The second kappa shape index (κ2) is 5.80. The topological polar surface area (TPSA) is 75.1 Å². The number of alkyl halides is 3. The Balaban J connectivity index is 2.43. The van der Waals surface area contributed by atoms with E-state index < -0.39 is 29.4 Å². The van der Waals surface area contributed by atoms with Gasteiger partial charge in [0.15, 0.2) is 5.69 Å². The maximum atomic E-state index is 12.9. The van der Waals surface area contributed by atoms with Crippen LogP contribution in [-0.4, -0.2) is 21.0 Å². The van der Waals surface area contributed by atoms with Gasteiger partial charge in [-0.15, -0.1) is 0 Å². The Labute approximate surface area is 127 Å². The number of aromatic nitrogens is 2. The van der Waals surface area contributed by atoms with Gasteiger partial charge in [0.25, 0.3) is 0 Å². The molecular weight excluding hydrogens is 323 g/mol. The highest BCUT2D eigenvalue weighted by atomic mass is 35.5. The number of anilines is 2. The second-order valence-corrected chi connectivity index (χ2v) is 4.77. The molecule has 116 valence electrons. The molecule has 0 unspecified atom stereocenters. The van der Waals surface area contributed by atoms with Crippen LogP contribution in [0.4, 0.5) is 24.8 Å². The molecule has 0 aliphatic carbocycles. The Kier molecular flexibility index (Phi) is 4.23. The van der Waals surface area contributed by atoms with Crippen molar-refractivity contribution < 1.29 is 23.1 Å². The maximum absolute atomic E-state index is 12.9. The predicted octanol–water partition coefficient (Wildman–Crippen LogP) is 3.90. The number of rotatable bonds is 3. The lowest BCUT2D eigenvalue weighted by Crippen LogP contribution is -2.17. The largest absolute Gasteiger partial charge is 0.478 e. The minimum absolute atomic E-state index is 0.277. The van der Waals surface area contributed by atoms with Crippen molar-refractivity contribution in [3.63, 3.8) is 0 Å². The number of hydrogen-bond donors (Lipinski definition) is 2. The van der Waals surface area contributed by atoms with Gasteiger partial charge in [0, 0.05) is 6.20 Å². The fourth-order valence-electron chi connectivity index (χ4n) is 1.66. The number of hydrogen-bond acceptors (Lipinski definition) is 4. The lowest BCUT2D eigenvalue weighted by Gasteiger charge is -2.12. The van der Waals surface area contributed by atoms with Gasteiger partial charge in [0.05, 0.1) is 10.7 Å². The zero-order valence-corrected chi connectivity index (χ0v) is 11.8. The lowest BCUT2D eigenvalue weighted by atomic mass is 10.2. The molecule has 1 aromatic carbocycles. The molecule has 0 amide bonds. The fourth-order valence-corrected chi connectivity index (χ4v) is 1.94. The van der Waals surface area contributed by atoms with Crippen molar-refractivity contribution in [3.8, 4) is 0 Å². The van der Waals surface area contributed by atoms with Crippen LogP contribution in [0.15, 0.2) is 24.4 Å². The number of aromatic carboxylic acids is 1. The Bertz CT molecular complexity index is 735. The highest BCUT2D eigenvalue weighted by molar-refractivity contribution is 6.33. The van der Waals surface area contributed by atoms with Gasteiger partial charge in [-0.3, -0.25) is 0 Å². The Hall–Kier alpha value is -2.35. The number of nitrogens with one attached hydrogen (secondary N) is 1. The lowest BCUT2D eigenvalue weighted by molar-refractivity contribution is -0.141. The van der Waals surface area contributed by atoms with E-state index in [4.69, 9.17) is 16.7 Å². The molecular formula is C13H9ClF3N3O2. The van der Waals surface area contributed by atoms with Crippen molar-refractivity contribution in [3.05, 3.63) is 46.2 Å². The van der Waals surface area contributed by atoms with Crippen LogP contribution >= 0.6 is 11.6 Å². The minimum Gasteiger partial charge on any atom is -0.478 e. The Morgan fingerprint density at radius 1 is 1.36 bits per heavy atom. The second-order valence-electron chi connectivity index (χ2n) is 4.37. The normalized spacial score (nSPS) is 11.3. The summed E-state index contributed by atoms with van der Waals surface area (Å²) in [6, 6.07) is 4.87. The molecule has 1 aromatic heterocycles. The summed E-state index contributed by atoms with van der Waals surface area (Å²) < 4.78 is 38.6. The number of carboxylic acid groups (broad SMARTS) is 1. The monoisotopic (exact) mass is 331 g/mol. The van der Waals surface area contributed by atoms with Crippen molar-refractivity contribution in [2.45, 2.75) is 13.1 Å². The zero-order chi connectivity index (χ0) is 16.5. The van der Waals surface area contributed by atoms with Gasteiger partial charge in [0.2, 0.25) is 5.95 Å². The molecule has 1 heterocycles. The van der Waals surface area contributed by atoms with Crippen LogP contribution in [-0.2, 0) is 6.18 Å². The summed E-state index contributed by atoms with van der Waals surface area (Å²) in [4.78, 5) is 17.6. The fraction of sp³-hybridized carbons (Fsp3) is 0.154. The van der Waals surface area contributed by atoms with Crippen molar-refractivity contribution in [2.75, 3.05) is 5.32 Å². The van der Waals surface area contributed by atoms with Crippen LogP contribution in [0.1, 0.15) is 21.6 Å². The third kappa shape index (κ3) is 3.45. The molecule has 2 aromatic rings. The average molecular weight is 332 g/mol. The third-order valence-corrected chi connectivity index (χ3v) is 2.97. The van der Waals surface area contributed by atoms with Gasteiger partial charge in [-0.25, -0.2) is 14.8 Å². The van der Waals surface area contributed by atoms with Crippen LogP contribution in [0.2, 0.25) is 5.02 Å². The number of halogens is 4. The maximum Gasteiger partial charge on any atom is 0.434 e. The first-order valence-electron chi connectivity index (χ1n) is 5.89. The van der Waals surface area contributed by atoms with Gasteiger partial charge < -0.3 is 10.4 Å². The first-order valence-corrected chi connectivity index (χ1v) is 6.27. The van der Waals surface area contributed by atoms with Crippen molar-refractivity contribution >= 4 is 29.2 Å². The molecule has 0 atom stereocenters. The van der Waals surface area contributed by atoms with Crippen LogP contribution in [0.5, 0.6) is 0 Å². The van der Waals surface area contributed by atoms with E-state index in [0.29, 0.717) is 11.9 Å². The molecule has 0 spiro atoms. The third-order valence-electron chi connectivity index (χ3n) is 2.66. The molecule has 2 rings (SSSR count). The number of carboxylic acids is 1. The number of nitrogens with zero attached hydrogens (tertiary/aromatic N) is 2. The van der Waals surface area contributed by atoms with Gasteiger partial charge in [-0.1, -0.05) is 17.7 Å². The van der Waals surface area contributed by atoms with E-state index in [0.717, 1.165) is 5.56 Å². The summed E-state index contributed by atoms with van der Waals surface area (Å²) in [5.74, 6) is -2.16. The van der Waals surface area contributed by atoms with E-state index in [2.05, 4.69) is 15.3 Å². The first-order chi connectivity index (χ1) is 10.2. The molecule has 0 saturated heterocycles. The standard InChI is InChI=1S/C13H9ClF3N3O2/c1-6-2-3-9(8(14)4-6)19-12-18-5-7(11(21)22)10(20-12)13(15,16)17/h2-5H,1H3,(H,21,22)(H,18,19,20). The van der Waals surface area contributed by atoms with Crippen molar-refractivity contribution in [1.82, 2.24) is 9.97 Å². The summed E-state index contributed by atoms with van der Waals surface area (Å²) in [6.45, 7) is 1.80. The highest BCUT2D eigenvalue weighted by Crippen LogP contribution is 2.32. The van der Waals surface area contributed by atoms with E-state index >= 15 is 0 Å². The zero-order valence-electron chi connectivity index (χ0n) is 11.1. The smallest absolute Gasteiger partial charge is 0.434 e. The molecule has 2 N–H and O–H groups in total. The first kappa shape index (κ1) is 16.0. The van der Waals surface area contributed by atoms with E-state index in [1.165, 1.54) is 0 Å². The molecule has 0 fully saturated rings. The van der Waals surface area contributed by atoms with E-state index in [1.807, 2.05) is 0 Å². The summed E-state index contributed by atoms with van der Waals surface area (Å²) in [7, 11) is 0. The molecule has 0 aliphatic rings. The van der Waals surface area contributed by atoms with E-state index in [-0.39, 0.29) is 5.02 Å². The molecule has 5 nitrogen and oxygen atoms in total. The van der Waals surface area contributed by atoms with Crippen LogP contribution < -0.4 is 5.32 Å². The van der Waals surface area contributed by atoms with Crippen LogP contribution in [0.25, 0.3) is 0 Å². The quantitative estimate of drug-likeness (QED) is 0.892.